The first-order chi connectivity index (χ1) is 8.19. The van der Waals surface area contributed by atoms with Gasteiger partial charge in [-0.05, 0) is 30.0 Å². The van der Waals surface area contributed by atoms with Gasteiger partial charge in [-0.3, -0.25) is 4.79 Å². The van der Waals surface area contributed by atoms with Crippen molar-refractivity contribution in [1.29, 1.82) is 0 Å². The molecule has 0 aliphatic rings. The van der Waals surface area contributed by atoms with Crippen LogP contribution in [0.25, 0.3) is 10.1 Å². The van der Waals surface area contributed by atoms with Gasteiger partial charge in [-0.2, -0.15) is 0 Å². The standard InChI is InChI=1S/C13H14BrNOS/c1-2-13(16)15-6-5-11-7-9-3-4-10(14)8-12(9)17-11/h3-4,7-8H,2,5-6H2,1H3,(H,15,16). The fraction of sp³-hybridized carbons (Fsp3) is 0.308. The second-order valence-corrected chi connectivity index (χ2v) is 5.93. The van der Waals surface area contributed by atoms with Crippen molar-refractivity contribution < 1.29 is 4.79 Å². The molecule has 1 N–H and O–H groups in total. The summed E-state index contributed by atoms with van der Waals surface area (Å²) in [6.07, 6.45) is 1.46. The van der Waals surface area contributed by atoms with E-state index in [1.807, 2.05) is 6.92 Å². The Morgan fingerprint density at radius 3 is 3.00 bits per heavy atom. The van der Waals surface area contributed by atoms with Crippen molar-refractivity contribution >= 4 is 43.3 Å². The molecule has 0 aliphatic carbocycles. The molecule has 0 unspecified atom stereocenters. The number of nitrogens with one attached hydrogen (secondary N) is 1. The second kappa shape index (κ2) is 5.65. The Morgan fingerprint density at radius 1 is 1.41 bits per heavy atom. The summed E-state index contributed by atoms with van der Waals surface area (Å²) in [7, 11) is 0. The quantitative estimate of drug-likeness (QED) is 0.915. The first-order valence-corrected chi connectivity index (χ1v) is 7.24. The van der Waals surface area contributed by atoms with Crippen LogP contribution in [0, 0.1) is 0 Å². The number of carbonyl (C=O) groups excluding carboxylic acids is 1. The van der Waals surface area contributed by atoms with Crippen LogP contribution in [0.3, 0.4) is 0 Å². The largest absolute Gasteiger partial charge is 0.356 e. The maximum Gasteiger partial charge on any atom is 0.219 e. The van der Waals surface area contributed by atoms with Crippen LogP contribution < -0.4 is 5.32 Å². The minimum absolute atomic E-state index is 0.119. The molecule has 2 nitrogen and oxygen atoms in total. The number of carbonyl (C=O) groups is 1. The first kappa shape index (κ1) is 12.6. The van der Waals surface area contributed by atoms with Gasteiger partial charge in [0.15, 0.2) is 0 Å². The van der Waals surface area contributed by atoms with Crippen molar-refractivity contribution in [2.24, 2.45) is 0 Å². The van der Waals surface area contributed by atoms with E-state index in [0.717, 1.165) is 17.4 Å². The lowest BCUT2D eigenvalue weighted by atomic mass is 10.2. The van der Waals surface area contributed by atoms with E-state index in [0.29, 0.717) is 6.42 Å². The first-order valence-electron chi connectivity index (χ1n) is 5.63. The summed E-state index contributed by atoms with van der Waals surface area (Å²) in [4.78, 5) is 12.4. The number of benzene rings is 1. The van der Waals surface area contributed by atoms with Crippen LogP contribution in [0.1, 0.15) is 18.2 Å². The number of halogens is 1. The molecule has 1 aromatic carbocycles. The predicted molar refractivity (Wildman–Crippen MR) is 76.5 cm³/mol. The third kappa shape index (κ3) is 3.30. The SMILES string of the molecule is CCC(=O)NCCc1cc2ccc(Br)cc2s1. The third-order valence-corrected chi connectivity index (χ3v) is 4.20. The number of thiophene rings is 1. The molecule has 0 atom stereocenters. The Hall–Kier alpha value is -0.870. The summed E-state index contributed by atoms with van der Waals surface area (Å²) in [6.45, 7) is 2.59. The Balaban J connectivity index is 2.02. The highest BCUT2D eigenvalue weighted by Crippen LogP contribution is 2.28. The minimum Gasteiger partial charge on any atom is -0.356 e. The van der Waals surface area contributed by atoms with Crippen molar-refractivity contribution in [3.63, 3.8) is 0 Å². The van der Waals surface area contributed by atoms with E-state index in [1.54, 1.807) is 11.3 Å². The van der Waals surface area contributed by atoms with Gasteiger partial charge in [0.25, 0.3) is 0 Å². The van der Waals surface area contributed by atoms with E-state index in [9.17, 15) is 4.79 Å². The zero-order chi connectivity index (χ0) is 12.3. The maximum absolute atomic E-state index is 11.1. The molecular formula is C13H14BrNOS. The van der Waals surface area contributed by atoms with Crippen LogP contribution in [0.4, 0.5) is 0 Å². The number of rotatable bonds is 4. The highest BCUT2D eigenvalue weighted by atomic mass is 79.9. The molecule has 1 amide bonds. The molecule has 0 radical (unpaired) electrons. The normalized spacial score (nSPS) is 10.7. The van der Waals surface area contributed by atoms with Crippen LogP contribution in [0.5, 0.6) is 0 Å². The van der Waals surface area contributed by atoms with Crippen LogP contribution in [0.2, 0.25) is 0 Å². The van der Waals surface area contributed by atoms with Crippen LogP contribution in [-0.4, -0.2) is 12.5 Å². The van der Waals surface area contributed by atoms with E-state index in [4.69, 9.17) is 0 Å². The van der Waals surface area contributed by atoms with Crippen molar-refractivity contribution in [3.05, 3.63) is 33.6 Å². The van der Waals surface area contributed by atoms with Gasteiger partial charge < -0.3 is 5.32 Å². The van der Waals surface area contributed by atoms with Gasteiger partial charge in [0.2, 0.25) is 5.91 Å². The van der Waals surface area contributed by atoms with E-state index >= 15 is 0 Å². The van der Waals surface area contributed by atoms with Gasteiger partial charge in [-0.1, -0.05) is 28.9 Å². The molecule has 0 spiro atoms. The molecule has 0 bridgehead atoms. The van der Waals surface area contributed by atoms with Gasteiger partial charge in [-0.15, -0.1) is 11.3 Å². The van der Waals surface area contributed by atoms with Crippen LogP contribution >= 0.6 is 27.3 Å². The van der Waals surface area contributed by atoms with E-state index in [-0.39, 0.29) is 5.91 Å². The molecule has 0 fully saturated rings. The van der Waals surface area contributed by atoms with E-state index in [1.165, 1.54) is 15.0 Å². The lowest BCUT2D eigenvalue weighted by molar-refractivity contribution is -0.120. The molecule has 4 heteroatoms. The lowest BCUT2D eigenvalue weighted by Crippen LogP contribution is -2.24. The smallest absolute Gasteiger partial charge is 0.219 e. The monoisotopic (exact) mass is 311 g/mol. The van der Waals surface area contributed by atoms with Crippen LogP contribution in [0.15, 0.2) is 28.7 Å². The summed E-state index contributed by atoms with van der Waals surface area (Å²) in [5, 5.41) is 4.17. The van der Waals surface area contributed by atoms with E-state index < -0.39 is 0 Å². The van der Waals surface area contributed by atoms with Crippen LogP contribution in [-0.2, 0) is 11.2 Å². The van der Waals surface area contributed by atoms with Crippen molar-refractivity contribution in [1.82, 2.24) is 5.32 Å². The summed E-state index contributed by atoms with van der Waals surface area (Å²) < 4.78 is 2.40. The number of hydrogen-bond acceptors (Lipinski definition) is 2. The fourth-order valence-electron chi connectivity index (χ4n) is 1.63. The van der Waals surface area contributed by atoms with Gasteiger partial charge in [0.05, 0.1) is 0 Å². The second-order valence-electron chi connectivity index (χ2n) is 3.85. The van der Waals surface area contributed by atoms with Gasteiger partial charge in [0, 0.05) is 27.0 Å². The number of hydrogen-bond donors (Lipinski definition) is 1. The topological polar surface area (TPSA) is 29.1 Å². The van der Waals surface area contributed by atoms with Gasteiger partial charge in [0.1, 0.15) is 0 Å². The van der Waals surface area contributed by atoms with E-state index in [2.05, 4.69) is 45.5 Å². The number of amides is 1. The highest BCUT2D eigenvalue weighted by Gasteiger charge is 2.03. The predicted octanol–water partition coefficient (Wildman–Crippen LogP) is 3.73. The molecule has 17 heavy (non-hydrogen) atoms. The molecular weight excluding hydrogens is 298 g/mol. The average Bonchev–Trinajstić information content (AvgIpc) is 2.70. The minimum atomic E-state index is 0.119. The molecule has 1 aromatic heterocycles. The fourth-order valence-corrected chi connectivity index (χ4v) is 3.25. The summed E-state index contributed by atoms with van der Waals surface area (Å²) >= 11 is 5.26. The zero-order valence-electron chi connectivity index (χ0n) is 9.63. The molecule has 1 heterocycles. The van der Waals surface area contributed by atoms with Crippen molar-refractivity contribution in [2.45, 2.75) is 19.8 Å². The maximum atomic E-state index is 11.1. The summed E-state index contributed by atoms with van der Waals surface area (Å²) in [5.41, 5.74) is 0. The highest BCUT2D eigenvalue weighted by molar-refractivity contribution is 9.10. The number of fused-ring (bicyclic) bond motifs is 1. The molecule has 2 aromatic rings. The lowest BCUT2D eigenvalue weighted by Gasteiger charge is -2.00. The third-order valence-electron chi connectivity index (χ3n) is 2.55. The molecule has 0 saturated heterocycles. The van der Waals surface area contributed by atoms with Gasteiger partial charge >= 0.3 is 0 Å². The zero-order valence-corrected chi connectivity index (χ0v) is 12.0. The molecule has 0 saturated carbocycles. The molecule has 90 valence electrons. The molecule has 2 rings (SSSR count). The molecule has 0 aliphatic heterocycles. The Morgan fingerprint density at radius 2 is 2.24 bits per heavy atom. The Kier molecular flexibility index (Phi) is 4.18. The average molecular weight is 312 g/mol. The van der Waals surface area contributed by atoms with Gasteiger partial charge in [-0.25, -0.2) is 0 Å². The summed E-state index contributed by atoms with van der Waals surface area (Å²) in [5.74, 6) is 0.119. The Bertz CT molecular complexity index is 535. The van der Waals surface area contributed by atoms with Crippen molar-refractivity contribution in [3.8, 4) is 0 Å². The summed E-state index contributed by atoms with van der Waals surface area (Å²) in [6, 6.07) is 8.50. The van der Waals surface area contributed by atoms with Crippen molar-refractivity contribution in [2.75, 3.05) is 6.54 Å². The Labute approximate surface area is 113 Å².